The number of amides is 2. The molecule has 0 atom stereocenters. The van der Waals surface area contributed by atoms with Gasteiger partial charge in [0.15, 0.2) is 0 Å². The zero-order valence-electron chi connectivity index (χ0n) is 23.3. The van der Waals surface area contributed by atoms with Crippen molar-refractivity contribution in [3.05, 3.63) is 81.6 Å². The number of hydrogen-bond acceptors (Lipinski definition) is 3. The summed E-state index contributed by atoms with van der Waals surface area (Å²) in [6.45, 7) is 6.17. The Labute approximate surface area is 249 Å². The standard InChI is InChI=1S/C20H11BrClN3O2.C6H16OS.C5H8/c21-9-5-6-14-11(7-9)15(18(22)24-14)17-16(19(26)25-20(17)27)12-8-23-13-4-2-1-3-10(12)13;1-6(2,3)8(4,5)7;1-2-4-5-3-1/h1-8,23-24H,(H,25,26,27);7H,1-5H3;1-2H,3-5H2. The lowest BCUT2D eigenvalue weighted by Gasteiger charge is -2.38. The molecule has 40 heavy (non-hydrogen) atoms. The average Bonchev–Trinajstić information content (AvgIpc) is 3.66. The van der Waals surface area contributed by atoms with E-state index in [1.165, 1.54) is 19.3 Å². The van der Waals surface area contributed by atoms with Crippen molar-refractivity contribution in [3.63, 3.8) is 0 Å². The van der Waals surface area contributed by atoms with Crippen LogP contribution >= 0.6 is 37.8 Å². The molecule has 1 aliphatic carbocycles. The normalized spacial score (nSPS) is 15.7. The van der Waals surface area contributed by atoms with Gasteiger partial charge in [-0.3, -0.25) is 14.9 Å². The lowest BCUT2D eigenvalue weighted by atomic mass is 9.95. The zero-order valence-corrected chi connectivity index (χ0v) is 26.5. The minimum absolute atomic E-state index is 0.0764. The molecule has 0 saturated heterocycles. The molecular formula is C31H35BrClN3O3S. The van der Waals surface area contributed by atoms with Crippen LogP contribution in [0.15, 0.2) is 65.3 Å². The number of H-pyrrole nitrogens is 2. The number of nitrogens with one attached hydrogen (secondary N) is 3. The quantitative estimate of drug-likeness (QED) is 0.130. The van der Waals surface area contributed by atoms with Crippen LogP contribution in [0, 0.1) is 0 Å². The topological polar surface area (TPSA) is 98.0 Å². The van der Waals surface area contributed by atoms with Gasteiger partial charge < -0.3 is 14.5 Å². The Morgan fingerprint density at radius 2 is 1.55 bits per heavy atom. The van der Waals surface area contributed by atoms with Gasteiger partial charge in [0.25, 0.3) is 11.8 Å². The Kier molecular flexibility index (Phi) is 9.05. The predicted octanol–water partition coefficient (Wildman–Crippen LogP) is 8.68. The first-order valence-electron chi connectivity index (χ1n) is 13.0. The van der Waals surface area contributed by atoms with Crippen LogP contribution in [-0.4, -0.2) is 43.6 Å². The molecule has 2 aliphatic rings. The minimum atomic E-state index is -1.34. The van der Waals surface area contributed by atoms with Crippen molar-refractivity contribution in [1.82, 2.24) is 15.3 Å². The number of fused-ring (bicyclic) bond motifs is 2. The van der Waals surface area contributed by atoms with Crippen LogP contribution in [0.2, 0.25) is 5.15 Å². The van der Waals surface area contributed by atoms with Crippen molar-refractivity contribution in [2.45, 2.75) is 44.8 Å². The molecule has 2 aromatic heterocycles. The first kappa shape index (κ1) is 30.2. The fourth-order valence-electron chi connectivity index (χ4n) is 4.19. The van der Waals surface area contributed by atoms with E-state index in [0.717, 1.165) is 26.3 Å². The van der Waals surface area contributed by atoms with Gasteiger partial charge in [-0.1, -0.05) is 78.7 Å². The molecule has 0 unspecified atom stereocenters. The van der Waals surface area contributed by atoms with Crippen molar-refractivity contribution >= 4 is 82.6 Å². The van der Waals surface area contributed by atoms with E-state index in [4.69, 9.17) is 11.6 Å². The third kappa shape index (κ3) is 6.41. The molecular weight excluding hydrogens is 610 g/mol. The Balaban J connectivity index is 0.000000236. The van der Waals surface area contributed by atoms with Gasteiger partial charge in [0, 0.05) is 48.3 Å². The number of rotatable bonds is 2. The summed E-state index contributed by atoms with van der Waals surface area (Å²) in [5.74, 6) is -0.886. The second kappa shape index (κ2) is 12.0. The van der Waals surface area contributed by atoms with Crippen LogP contribution in [0.4, 0.5) is 0 Å². The summed E-state index contributed by atoms with van der Waals surface area (Å²) < 4.78 is 10.4. The van der Waals surface area contributed by atoms with E-state index in [0.29, 0.717) is 21.9 Å². The monoisotopic (exact) mass is 643 g/mol. The molecule has 6 rings (SSSR count). The molecule has 212 valence electrons. The number of para-hydroxylation sites is 1. The van der Waals surface area contributed by atoms with E-state index in [2.05, 4.69) is 64.1 Å². The largest absolute Gasteiger partial charge is 0.361 e. The molecule has 0 bridgehead atoms. The van der Waals surface area contributed by atoms with Crippen molar-refractivity contribution in [2.24, 2.45) is 0 Å². The highest BCUT2D eigenvalue weighted by molar-refractivity contribution is 9.10. The Bertz CT molecular complexity index is 1620. The van der Waals surface area contributed by atoms with Gasteiger partial charge >= 0.3 is 0 Å². The molecule has 2 aromatic carbocycles. The molecule has 4 aromatic rings. The number of imide groups is 1. The lowest BCUT2D eigenvalue weighted by Crippen LogP contribution is -2.22. The Hall–Kier alpha value is -2.78. The Morgan fingerprint density at radius 1 is 0.925 bits per heavy atom. The molecule has 0 radical (unpaired) electrons. The van der Waals surface area contributed by atoms with Crippen molar-refractivity contribution in [3.8, 4) is 0 Å². The van der Waals surface area contributed by atoms with Crippen LogP contribution < -0.4 is 5.32 Å². The van der Waals surface area contributed by atoms with Crippen LogP contribution in [0.5, 0.6) is 0 Å². The fraction of sp³-hybridized carbons (Fsp3) is 0.290. The number of allylic oxidation sites excluding steroid dienone is 2. The number of carbonyl (C=O) groups excluding carboxylic acids is 2. The van der Waals surface area contributed by atoms with E-state index in [1.807, 2.05) is 55.0 Å². The third-order valence-electron chi connectivity index (χ3n) is 7.16. The van der Waals surface area contributed by atoms with E-state index in [-0.39, 0.29) is 10.3 Å². The highest BCUT2D eigenvalue weighted by Gasteiger charge is 2.36. The molecule has 3 heterocycles. The highest BCUT2D eigenvalue weighted by Crippen LogP contribution is 2.48. The molecule has 1 aliphatic heterocycles. The highest BCUT2D eigenvalue weighted by atomic mass is 79.9. The van der Waals surface area contributed by atoms with E-state index in [9.17, 15) is 14.1 Å². The lowest BCUT2D eigenvalue weighted by molar-refractivity contribution is -0.122. The SMILES string of the molecule is C1=CCCC1.CC(C)(C)S(C)(C)O.O=C1NC(=O)C(c2c(Cl)[nH]c3ccc(Br)cc23)=C1c1c[nH]c2ccccc12. The molecule has 2 amide bonds. The summed E-state index contributed by atoms with van der Waals surface area (Å²) in [5.41, 5.74) is 3.47. The van der Waals surface area contributed by atoms with Gasteiger partial charge in [-0.25, -0.2) is 0 Å². The van der Waals surface area contributed by atoms with Crippen LogP contribution in [0.1, 0.15) is 51.2 Å². The summed E-state index contributed by atoms with van der Waals surface area (Å²) in [5, 5.41) is 4.37. The second-order valence-corrected chi connectivity index (χ2v) is 16.1. The van der Waals surface area contributed by atoms with Gasteiger partial charge in [0.05, 0.1) is 11.1 Å². The number of aromatic nitrogens is 2. The van der Waals surface area contributed by atoms with Gasteiger partial charge in [-0.2, -0.15) is 0 Å². The van der Waals surface area contributed by atoms with E-state index < -0.39 is 22.1 Å². The minimum Gasteiger partial charge on any atom is -0.361 e. The summed E-state index contributed by atoms with van der Waals surface area (Å²) in [4.78, 5) is 31.6. The first-order valence-corrected chi connectivity index (χ1v) is 16.6. The van der Waals surface area contributed by atoms with Gasteiger partial charge in [-0.15, -0.1) is 10.3 Å². The van der Waals surface area contributed by atoms with E-state index >= 15 is 0 Å². The molecule has 6 nitrogen and oxygen atoms in total. The van der Waals surface area contributed by atoms with Crippen LogP contribution in [0.3, 0.4) is 0 Å². The van der Waals surface area contributed by atoms with Gasteiger partial charge in [0.1, 0.15) is 5.15 Å². The maximum absolute atomic E-state index is 12.7. The predicted molar refractivity (Wildman–Crippen MR) is 174 cm³/mol. The summed E-state index contributed by atoms with van der Waals surface area (Å²) in [6.07, 6.45) is 14.1. The number of halogens is 2. The second-order valence-electron chi connectivity index (χ2n) is 11.1. The fourth-order valence-corrected chi connectivity index (χ4v) is 4.85. The smallest absolute Gasteiger partial charge is 0.259 e. The number of carbonyl (C=O) groups is 2. The summed E-state index contributed by atoms with van der Waals surface area (Å²) >= 11 is 9.91. The maximum Gasteiger partial charge on any atom is 0.259 e. The average molecular weight is 645 g/mol. The maximum atomic E-state index is 12.7. The van der Waals surface area contributed by atoms with Crippen LogP contribution in [-0.2, 0) is 9.59 Å². The number of aromatic amines is 2. The molecule has 0 saturated carbocycles. The van der Waals surface area contributed by atoms with Crippen LogP contribution in [0.25, 0.3) is 33.0 Å². The van der Waals surface area contributed by atoms with Gasteiger partial charge in [0.2, 0.25) is 0 Å². The van der Waals surface area contributed by atoms with Crippen molar-refractivity contribution < 1.29 is 14.1 Å². The third-order valence-corrected chi connectivity index (χ3v) is 10.9. The summed E-state index contributed by atoms with van der Waals surface area (Å²) in [7, 11) is -1.34. The molecule has 9 heteroatoms. The van der Waals surface area contributed by atoms with Crippen molar-refractivity contribution in [2.75, 3.05) is 12.5 Å². The van der Waals surface area contributed by atoms with E-state index in [1.54, 1.807) is 6.20 Å². The van der Waals surface area contributed by atoms with Crippen molar-refractivity contribution in [1.29, 1.82) is 0 Å². The molecule has 0 spiro atoms. The zero-order chi connectivity index (χ0) is 29.2. The Morgan fingerprint density at radius 3 is 2.15 bits per heavy atom. The first-order chi connectivity index (χ1) is 18.8. The summed E-state index contributed by atoms with van der Waals surface area (Å²) in [6, 6.07) is 13.3. The molecule has 4 N–H and O–H groups in total. The molecule has 0 fully saturated rings. The number of hydrogen-bond donors (Lipinski definition) is 4. The van der Waals surface area contributed by atoms with Gasteiger partial charge in [-0.05, 0) is 56.0 Å². The number of benzene rings is 2.